The van der Waals surface area contributed by atoms with Crippen LogP contribution in [0.4, 0.5) is 0 Å². The van der Waals surface area contributed by atoms with Crippen molar-refractivity contribution in [2.75, 3.05) is 13.2 Å². The third kappa shape index (κ3) is 3.12. The van der Waals surface area contributed by atoms with Crippen molar-refractivity contribution in [2.24, 2.45) is 0 Å². The molecular weight excluding hydrogens is 290 g/mol. The summed E-state index contributed by atoms with van der Waals surface area (Å²) >= 11 is 0. The molecular formula is C14H19N3O5. The van der Waals surface area contributed by atoms with Gasteiger partial charge in [-0.2, -0.15) is 0 Å². The summed E-state index contributed by atoms with van der Waals surface area (Å²) in [5.74, 6) is 0. The van der Waals surface area contributed by atoms with Gasteiger partial charge in [0.05, 0.1) is 38.5 Å². The minimum atomic E-state index is -0.590. The average Bonchev–Trinajstić information content (AvgIpc) is 3.34. The van der Waals surface area contributed by atoms with E-state index in [1.807, 2.05) is 6.92 Å². The zero-order valence-electron chi connectivity index (χ0n) is 12.5. The molecule has 1 aromatic rings. The van der Waals surface area contributed by atoms with E-state index in [0.717, 1.165) is 19.3 Å². The van der Waals surface area contributed by atoms with Gasteiger partial charge in [-0.25, -0.2) is 28.1 Å². The van der Waals surface area contributed by atoms with Crippen LogP contribution in [0.3, 0.4) is 0 Å². The number of ether oxygens (including phenoxy) is 2. The van der Waals surface area contributed by atoms with Crippen LogP contribution in [-0.2, 0) is 29.1 Å². The fraction of sp³-hybridized carbons (Fsp3) is 0.643. The van der Waals surface area contributed by atoms with Gasteiger partial charge in [-0.3, -0.25) is 0 Å². The van der Waals surface area contributed by atoms with Crippen LogP contribution in [0.25, 0.3) is 0 Å². The molecule has 8 nitrogen and oxygen atoms in total. The molecule has 2 aliphatic rings. The van der Waals surface area contributed by atoms with Crippen LogP contribution in [0.15, 0.2) is 26.5 Å². The summed E-state index contributed by atoms with van der Waals surface area (Å²) in [6.07, 6.45) is 0.263. The first-order valence-corrected chi connectivity index (χ1v) is 7.29. The maximum absolute atomic E-state index is 12.4. The number of hydrogen-bond donors (Lipinski definition) is 0. The quantitative estimate of drug-likeness (QED) is 0.473. The first-order valence-electron chi connectivity index (χ1n) is 7.29. The molecule has 3 rings (SSSR count). The Morgan fingerprint density at radius 1 is 1.00 bits per heavy atom. The first-order chi connectivity index (χ1) is 10.5. The smallest absolute Gasteiger partial charge is 0.336 e. The van der Waals surface area contributed by atoms with Gasteiger partial charge in [-0.1, -0.05) is 5.57 Å². The molecule has 0 aromatic carbocycles. The number of rotatable bonds is 7. The van der Waals surface area contributed by atoms with Gasteiger partial charge in [-0.15, -0.1) is 6.58 Å². The zero-order valence-corrected chi connectivity index (χ0v) is 12.5. The minimum Gasteiger partial charge on any atom is -0.371 e. The van der Waals surface area contributed by atoms with Gasteiger partial charge >= 0.3 is 17.1 Å². The predicted molar refractivity (Wildman–Crippen MR) is 78.1 cm³/mol. The summed E-state index contributed by atoms with van der Waals surface area (Å²) in [4.78, 5) is 37.3. The highest BCUT2D eigenvalue weighted by Crippen LogP contribution is 2.10. The maximum atomic E-state index is 12.4. The van der Waals surface area contributed by atoms with Crippen LogP contribution in [0.5, 0.6) is 0 Å². The van der Waals surface area contributed by atoms with E-state index in [1.54, 1.807) is 0 Å². The first kappa shape index (κ1) is 15.0. The highest BCUT2D eigenvalue weighted by atomic mass is 16.6. The normalized spacial score (nSPS) is 22.6. The van der Waals surface area contributed by atoms with Crippen molar-refractivity contribution in [3.63, 3.8) is 0 Å². The molecule has 2 fully saturated rings. The molecule has 3 heterocycles. The second-order valence-electron chi connectivity index (χ2n) is 5.84. The highest BCUT2D eigenvalue weighted by Gasteiger charge is 2.29. The third-order valence-corrected chi connectivity index (χ3v) is 3.72. The van der Waals surface area contributed by atoms with Gasteiger partial charge in [0, 0.05) is 6.54 Å². The lowest BCUT2D eigenvalue weighted by atomic mass is 10.2. The van der Waals surface area contributed by atoms with Crippen LogP contribution in [0.2, 0.25) is 0 Å². The molecule has 0 spiro atoms. The molecule has 1 aromatic heterocycles. The van der Waals surface area contributed by atoms with E-state index >= 15 is 0 Å². The molecule has 0 radical (unpaired) electrons. The number of allylic oxidation sites excluding steroid dienone is 1. The standard InChI is InChI=1S/C14H19N3O5/c1-9(2)3-4-15-12(18)16(5-10-7-21-10)14(20)17(13(15)19)6-11-8-22-11/h10-11H,1,3-8H2,2H3. The summed E-state index contributed by atoms with van der Waals surface area (Å²) in [6, 6.07) is 0. The van der Waals surface area contributed by atoms with E-state index in [-0.39, 0.29) is 31.8 Å². The summed E-state index contributed by atoms with van der Waals surface area (Å²) < 4.78 is 13.4. The molecule has 0 saturated carbocycles. The van der Waals surface area contributed by atoms with E-state index < -0.39 is 17.1 Å². The lowest BCUT2D eigenvalue weighted by Gasteiger charge is -2.12. The van der Waals surface area contributed by atoms with Crippen LogP contribution >= 0.6 is 0 Å². The Kier molecular flexibility index (Phi) is 3.88. The monoisotopic (exact) mass is 309 g/mol. The van der Waals surface area contributed by atoms with Crippen molar-refractivity contribution in [2.45, 2.75) is 45.2 Å². The van der Waals surface area contributed by atoms with Crippen LogP contribution < -0.4 is 17.1 Å². The number of hydrogen-bond acceptors (Lipinski definition) is 5. The summed E-state index contributed by atoms with van der Waals surface area (Å²) in [6.45, 7) is 7.23. The van der Waals surface area contributed by atoms with Crippen molar-refractivity contribution in [1.29, 1.82) is 0 Å². The second kappa shape index (κ2) is 5.69. The molecule has 2 unspecified atom stereocenters. The van der Waals surface area contributed by atoms with Crippen molar-refractivity contribution in [1.82, 2.24) is 13.7 Å². The van der Waals surface area contributed by atoms with Crippen molar-refractivity contribution >= 4 is 0 Å². The minimum absolute atomic E-state index is 0.122. The Morgan fingerprint density at radius 2 is 1.41 bits per heavy atom. The fourth-order valence-corrected chi connectivity index (χ4v) is 2.24. The molecule has 0 N–H and O–H groups in total. The van der Waals surface area contributed by atoms with Gasteiger partial charge in [0.2, 0.25) is 0 Å². The van der Waals surface area contributed by atoms with E-state index in [4.69, 9.17) is 9.47 Å². The maximum Gasteiger partial charge on any atom is 0.336 e. The summed E-state index contributed by atoms with van der Waals surface area (Å²) in [5, 5.41) is 0. The summed E-state index contributed by atoms with van der Waals surface area (Å²) in [7, 11) is 0. The molecule has 22 heavy (non-hydrogen) atoms. The molecule has 2 saturated heterocycles. The largest absolute Gasteiger partial charge is 0.371 e. The van der Waals surface area contributed by atoms with Gasteiger partial charge in [0.1, 0.15) is 0 Å². The average molecular weight is 309 g/mol. The van der Waals surface area contributed by atoms with Crippen molar-refractivity contribution in [3.05, 3.63) is 43.6 Å². The Hall–Kier alpha value is -1.93. The highest BCUT2D eigenvalue weighted by molar-refractivity contribution is 4.90. The van der Waals surface area contributed by atoms with Gasteiger partial charge in [0.25, 0.3) is 0 Å². The van der Waals surface area contributed by atoms with E-state index in [9.17, 15) is 14.4 Å². The fourth-order valence-electron chi connectivity index (χ4n) is 2.24. The zero-order chi connectivity index (χ0) is 15.9. The molecule has 2 atom stereocenters. The SMILES string of the molecule is C=C(C)CCn1c(=O)n(CC2CO2)c(=O)n(CC2CO2)c1=O. The number of nitrogens with zero attached hydrogens (tertiary/aromatic N) is 3. The topological polar surface area (TPSA) is 91.1 Å². The van der Waals surface area contributed by atoms with Crippen molar-refractivity contribution < 1.29 is 9.47 Å². The number of aromatic nitrogens is 3. The van der Waals surface area contributed by atoms with Gasteiger partial charge < -0.3 is 9.47 Å². The van der Waals surface area contributed by atoms with E-state index in [0.29, 0.717) is 19.6 Å². The molecule has 0 amide bonds. The molecule has 0 bridgehead atoms. The Morgan fingerprint density at radius 3 is 1.77 bits per heavy atom. The lowest BCUT2D eigenvalue weighted by Crippen LogP contribution is -2.55. The Balaban J connectivity index is 2.05. The summed E-state index contributed by atoms with van der Waals surface area (Å²) in [5.41, 5.74) is -0.890. The Labute approximate surface area is 126 Å². The molecule has 120 valence electrons. The Bertz CT molecular complexity index is 712. The van der Waals surface area contributed by atoms with E-state index in [1.165, 1.54) is 0 Å². The van der Waals surface area contributed by atoms with Crippen molar-refractivity contribution in [3.8, 4) is 0 Å². The second-order valence-corrected chi connectivity index (χ2v) is 5.84. The van der Waals surface area contributed by atoms with Crippen LogP contribution in [0.1, 0.15) is 13.3 Å². The van der Waals surface area contributed by atoms with Crippen LogP contribution in [0, 0.1) is 0 Å². The lowest BCUT2D eigenvalue weighted by molar-refractivity contribution is 0.340. The number of epoxide rings is 2. The van der Waals surface area contributed by atoms with Crippen LogP contribution in [-0.4, -0.2) is 39.1 Å². The molecule has 0 aliphatic carbocycles. The van der Waals surface area contributed by atoms with Gasteiger partial charge in [-0.05, 0) is 13.3 Å². The van der Waals surface area contributed by atoms with Gasteiger partial charge in [0.15, 0.2) is 0 Å². The predicted octanol–water partition coefficient (Wildman–Crippen LogP) is -1.06. The molecule has 8 heteroatoms. The third-order valence-electron chi connectivity index (χ3n) is 3.72. The molecule has 2 aliphatic heterocycles. The van der Waals surface area contributed by atoms with E-state index in [2.05, 4.69) is 6.58 Å².